The second-order valence-electron chi connectivity index (χ2n) is 6.78. The molecule has 0 bridgehead atoms. The molecule has 7 atom stereocenters. The van der Waals surface area contributed by atoms with E-state index in [1.54, 1.807) is 11.8 Å². The number of aliphatic hydroxyl groups excluding tert-OH is 3. The summed E-state index contributed by atoms with van der Waals surface area (Å²) < 4.78 is 5.05. The van der Waals surface area contributed by atoms with Crippen molar-refractivity contribution in [2.24, 2.45) is 5.73 Å². The summed E-state index contributed by atoms with van der Waals surface area (Å²) in [7, 11) is 0. The molecule has 2 rings (SSSR count). The summed E-state index contributed by atoms with van der Waals surface area (Å²) >= 11 is 1.79. The van der Waals surface area contributed by atoms with Gasteiger partial charge in [-0.15, -0.1) is 0 Å². The van der Waals surface area contributed by atoms with Crippen LogP contribution in [0.15, 0.2) is 0 Å². The second kappa shape index (κ2) is 10.2. The van der Waals surface area contributed by atoms with Gasteiger partial charge in [0.25, 0.3) is 0 Å². The van der Waals surface area contributed by atoms with E-state index in [-0.39, 0.29) is 24.5 Å². The van der Waals surface area contributed by atoms with Gasteiger partial charge >= 0.3 is 12.0 Å². The van der Waals surface area contributed by atoms with Gasteiger partial charge in [-0.3, -0.25) is 4.79 Å². The first-order chi connectivity index (χ1) is 12.9. The first-order valence-corrected chi connectivity index (χ1v) is 9.98. The highest BCUT2D eigenvalue weighted by Gasteiger charge is 2.42. The fraction of sp³-hybridized carbons (Fsp3) is 0.812. The highest BCUT2D eigenvalue weighted by Crippen LogP contribution is 2.33. The number of hydrogen-bond acceptors (Lipinski definition) is 9. The average Bonchev–Trinajstić information content (AvgIpc) is 3.20. The summed E-state index contributed by atoms with van der Waals surface area (Å²) in [5.41, 5.74) is 5.52. The standard InChI is InChI=1S/C16H27N3O7S/c17-8(5-20)15(14(24)10(22)6-21)26-12(23)4-2-1-3-11-13-9(7-27-11)18-16(25)19-13/h5,8-11,13-15,21-22,24H,1-4,6-7,17H2,(H2,18,19,25)/t8-,9+,10-,11+,13+,14-,15-/m1/s1. The Kier molecular flexibility index (Phi) is 8.29. The van der Waals surface area contributed by atoms with Crippen LogP contribution in [-0.4, -0.2) is 87.7 Å². The van der Waals surface area contributed by atoms with Crippen molar-refractivity contribution < 1.29 is 34.4 Å². The van der Waals surface area contributed by atoms with Gasteiger partial charge in [0, 0.05) is 17.4 Å². The van der Waals surface area contributed by atoms with E-state index >= 15 is 0 Å². The molecule has 0 saturated carbocycles. The number of carbonyl (C=O) groups excluding carboxylic acids is 3. The van der Waals surface area contributed by atoms with Gasteiger partial charge in [0.05, 0.1) is 18.7 Å². The van der Waals surface area contributed by atoms with Gasteiger partial charge in [-0.25, -0.2) is 4.79 Å². The Hall–Kier alpha value is -1.40. The maximum atomic E-state index is 12.0. The highest BCUT2D eigenvalue weighted by molar-refractivity contribution is 8.00. The largest absolute Gasteiger partial charge is 0.457 e. The van der Waals surface area contributed by atoms with Crippen LogP contribution in [0.5, 0.6) is 0 Å². The van der Waals surface area contributed by atoms with Crippen LogP contribution in [0.4, 0.5) is 4.79 Å². The fourth-order valence-electron chi connectivity index (χ4n) is 3.25. The van der Waals surface area contributed by atoms with Gasteiger partial charge in [0.15, 0.2) is 6.10 Å². The molecule has 27 heavy (non-hydrogen) atoms. The molecule has 2 aliphatic rings. The van der Waals surface area contributed by atoms with E-state index in [4.69, 9.17) is 15.6 Å². The molecule has 0 aromatic heterocycles. The van der Waals surface area contributed by atoms with Crippen molar-refractivity contribution in [1.29, 1.82) is 0 Å². The maximum absolute atomic E-state index is 12.0. The number of nitrogens with two attached hydrogens (primary N) is 1. The minimum absolute atomic E-state index is 0.0696. The molecule has 0 aromatic rings. The molecular formula is C16H27N3O7S. The number of aldehydes is 1. The van der Waals surface area contributed by atoms with Crippen LogP contribution in [0.2, 0.25) is 0 Å². The van der Waals surface area contributed by atoms with Crippen molar-refractivity contribution in [1.82, 2.24) is 10.6 Å². The minimum atomic E-state index is -1.66. The van der Waals surface area contributed by atoms with E-state index in [9.17, 15) is 24.6 Å². The Balaban J connectivity index is 1.72. The summed E-state index contributed by atoms with van der Waals surface area (Å²) in [5.74, 6) is 0.223. The summed E-state index contributed by atoms with van der Waals surface area (Å²) in [5, 5.41) is 34.3. The van der Waals surface area contributed by atoms with E-state index in [0.717, 1.165) is 18.6 Å². The Morgan fingerprint density at radius 3 is 2.78 bits per heavy atom. The van der Waals surface area contributed by atoms with Crippen molar-refractivity contribution in [3.8, 4) is 0 Å². The van der Waals surface area contributed by atoms with E-state index in [1.165, 1.54) is 0 Å². The normalized spacial score (nSPS) is 28.4. The van der Waals surface area contributed by atoms with Gasteiger partial charge in [-0.1, -0.05) is 6.42 Å². The molecule has 7 N–H and O–H groups in total. The molecule has 0 unspecified atom stereocenters. The third-order valence-electron chi connectivity index (χ3n) is 4.78. The van der Waals surface area contributed by atoms with Crippen LogP contribution in [0.25, 0.3) is 0 Å². The summed E-state index contributed by atoms with van der Waals surface area (Å²) in [6.45, 7) is -0.757. The third-order valence-corrected chi connectivity index (χ3v) is 6.29. The smallest absolute Gasteiger partial charge is 0.315 e. The van der Waals surface area contributed by atoms with E-state index in [0.29, 0.717) is 18.0 Å². The first kappa shape index (κ1) is 21.9. The van der Waals surface area contributed by atoms with Crippen molar-refractivity contribution in [2.45, 2.75) is 67.4 Å². The average molecular weight is 405 g/mol. The summed E-state index contributed by atoms with van der Waals surface area (Å²) in [6.07, 6.45) is -2.16. The Morgan fingerprint density at radius 2 is 2.11 bits per heavy atom. The molecule has 0 aromatic carbocycles. The van der Waals surface area contributed by atoms with Gasteiger partial charge in [0.1, 0.15) is 24.5 Å². The predicted molar refractivity (Wildman–Crippen MR) is 97.0 cm³/mol. The zero-order valence-electron chi connectivity index (χ0n) is 14.8. The lowest BCUT2D eigenvalue weighted by molar-refractivity contribution is -0.164. The molecule has 0 radical (unpaired) electrons. The summed E-state index contributed by atoms with van der Waals surface area (Å²) in [4.78, 5) is 34.2. The number of urea groups is 1. The highest BCUT2D eigenvalue weighted by atomic mass is 32.2. The second-order valence-corrected chi connectivity index (χ2v) is 8.05. The lowest BCUT2D eigenvalue weighted by Crippen LogP contribution is -2.52. The van der Waals surface area contributed by atoms with Crippen molar-refractivity contribution in [2.75, 3.05) is 12.4 Å². The number of carbonyl (C=O) groups is 3. The van der Waals surface area contributed by atoms with Gasteiger partial charge in [-0.2, -0.15) is 11.8 Å². The first-order valence-electron chi connectivity index (χ1n) is 8.93. The van der Waals surface area contributed by atoms with Gasteiger partial charge in [-0.05, 0) is 12.8 Å². The molecule has 2 saturated heterocycles. The lowest BCUT2D eigenvalue weighted by Gasteiger charge is -2.27. The topological polar surface area (TPSA) is 171 Å². The summed E-state index contributed by atoms with van der Waals surface area (Å²) in [6, 6.07) is -1.18. The Labute approximate surface area is 161 Å². The van der Waals surface area contributed by atoms with Crippen LogP contribution in [0, 0.1) is 0 Å². The van der Waals surface area contributed by atoms with Gasteiger partial charge in [0.2, 0.25) is 0 Å². The molecule has 2 fully saturated rings. The molecule has 10 nitrogen and oxygen atoms in total. The van der Waals surface area contributed by atoms with E-state index in [2.05, 4.69) is 10.6 Å². The monoisotopic (exact) mass is 405 g/mol. The zero-order chi connectivity index (χ0) is 20.0. The number of rotatable bonds is 11. The maximum Gasteiger partial charge on any atom is 0.315 e. The number of thioether (sulfide) groups is 1. The molecule has 2 aliphatic heterocycles. The number of aliphatic hydroxyl groups is 3. The number of fused-ring (bicyclic) bond motifs is 1. The Morgan fingerprint density at radius 1 is 1.37 bits per heavy atom. The molecule has 2 heterocycles. The van der Waals surface area contributed by atoms with E-state index < -0.39 is 36.9 Å². The number of hydrogen-bond donors (Lipinski definition) is 6. The number of nitrogens with one attached hydrogen (secondary N) is 2. The molecule has 0 aliphatic carbocycles. The number of unbranched alkanes of at least 4 members (excludes halogenated alkanes) is 1. The molecule has 154 valence electrons. The molecular weight excluding hydrogens is 378 g/mol. The van der Waals surface area contributed by atoms with E-state index in [1.807, 2.05) is 0 Å². The van der Waals surface area contributed by atoms with Crippen LogP contribution in [0.1, 0.15) is 25.7 Å². The van der Waals surface area contributed by atoms with Crippen molar-refractivity contribution >= 4 is 30.0 Å². The molecule has 2 amide bonds. The molecule has 11 heteroatoms. The van der Waals surface area contributed by atoms with Crippen LogP contribution in [0.3, 0.4) is 0 Å². The Bertz CT molecular complexity index is 538. The zero-order valence-corrected chi connectivity index (χ0v) is 15.6. The van der Waals surface area contributed by atoms with Crippen LogP contribution < -0.4 is 16.4 Å². The molecule has 0 spiro atoms. The number of amides is 2. The van der Waals surface area contributed by atoms with Crippen molar-refractivity contribution in [3.05, 3.63) is 0 Å². The van der Waals surface area contributed by atoms with Crippen molar-refractivity contribution in [3.63, 3.8) is 0 Å². The predicted octanol–water partition coefficient (Wildman–Crippen LogP) is -2.14. The number of esters is 1. The van der Waals surface area contributed by atoms with Gasteiger partial charge < -0.3 is 41.2 Å². The minimum Gasteiger partial charge on any atom is -0.457 e. The SMILES string of the molecule is N[C@H](C=O)[C@@H](OC(=O)CCCC[C@@H]1SC[C@@H]2NC(=O)N[C@@H]21)[C@H](O)[C@H](O)CO. The van der Waals surface area contributed by atoms with Crippen LogP contribution >= 0.6 is 11.8 Å². The number of ether oxygens (including phenoxy) is 1. The fourth-order valence-corrected chi connectivity index (χ4v) is 4.79. The quantitative estimate of drug-likeness (QED) is 0.0971. The lowest BCUT2D eigenvalue weighted by atomic mass is 10.0. The van der Waals surface area contributed by atoms with Crippen LogP contribution in [-0.2, 0) is 14.3 Å². The third kappa shape index (κ3) is 5.79.